The fraction of sp³-hybridized carbons (Fsp3) is 0.400. The summed E-state index contributed by atoms with van der Waals surface area (Å²) < 4.78 is 21.5. The first kappa shape index (κ1) is 27.6. The summed E-state index contributed by atoms with van der Waals surface area (Å²) in [6, 6.07) is 8.33. The molecular formula is C20H20Br6O3P+. The van der Waals surface area contributed by atoms with Crippen LogP contribution in [0.15, 0.2) is 51.1 Å². The lowest BCUT2D eigenvalue weighted by molar-refractivity contribution is 0.273. The lowest BCUT2D eigenvalue weighted by atomic mass is 9.86. The van der Waals surface area contributed by atoms with Crippen LogP contribution in [0.5, 0.6) is 0 Å². The van der Waals surface area contributed by atoms with Gasteiger partial charge in [-0.05, 0) is 48.2 Å². The van der Waals surface area contributed by atoms with Gasteiger partial charge in [0, 0.05) is 37.3 Å². The normalized spacial score (nSPS) is 11.9. The molecule has 0 aromatic heterocycles. The van der Waals surface area contributed by atoms with Gasteiger partial charge in [-0.2, -0.15) is 0 Å². The van der Waals surface area contributed by atoms with E-state index in [4.69, 9.17) is 9.42 Å². The minimum absolute atomic E-state index is 0.195. The summed E-state index contributed by atoms with van der Waals surface area (Å²) >= 11 is 22.2. The third-order valence-electron chi connectivity index (χ3n) is 4.62. The fourth-order valence-electron chi connectivity index (χ4n) is 3.33. The van der Waals surface area contributed by atoms with E-state index in [9.17, 15) is 4.57 Å². The molecule has 0 aliphatic rings. The van der Waals surface area contributed by atoms with Crippen molar-refractivity contribution in [1.82, 2.24) is 0 Å². The van der Waals surface area contributed by atoms with Gasteiger partial charge in [0.15, 0.2) is 0 Å². The SMILES string of the molecule is O=[P+](O)OCCCCCCCC(c1c(Br)cc(Br)cc1Br)c1c(Br)cc(Br)cc1Br. The lowest BCUT2D eigenvalue weighted by Gasteiger charge is -2.24. The summed E-state index contributed by atoms with van der Waals surface area (Å²) in [5.74, 6) is 0.195. The number of unbranched alkanes of at least 4 members (excludes halogenated alkanes) is 4. The van der Waals surface area contributed by atoms with Gasteiger partial charge in [0.05, 0.1) is 0 Å². The molecule has 0 aliphatic carbocycles. The molecule has 2 rings (SSSR count). The molecule has 3 nitrogen and oxygen atoms in total. The largest absolute Gasteiger partial charge is 0.694 e. The average Bonchev–Trinajstić information content (AvgIpc) is 2.61. The number of hydrogen-bond donors (Lipinski definition) is 1. The first-order chi connectivity index (χ1) is 14.2. The Bertz CT molecular complexity index is 789. The second-order valence-corrected chi connectivity index (χ2v) is 12.7. The predicted octanol–water partition coefficient (Wildman–Crippen LogP) is 10.4. The molecule has 0 amide bonds. The van der Waals surface area contributed by atoms with Crippen molar-refractivity contribution < 1.29 is 14.0 Å². The molecule has 0 saturated carbocycles. The standard InChI is InChI=1S/C20H19Br6O3P/c21-12-8-15(23)19(16(24)9-12)14(20-17(25)10-13(22)11-18(20)26)6-4-2-1-3-5-7-29-30(27)28/h8-11,14H,1-7H2/p+1. The van der Waals surface area contributed by atoms with Gasteiger partial charge in [0.2, 0.25) is 0 Å². The topological polar surface area (TPSA) is 46.5 Å². The minimum Gasteiger partial charge on any atom is -0.133 e. The van der Waals surface area contributed by atoms with E-state index in [0.29, 0.717) is 6.61 Å². The third kappa shape index (κ3) is 8.60. The average molecular weight is 819 g/mol. The Balaban J connectivity index is 2.16. The highest BCUT2D eigenvalue weighted by Gasteiger charge is 2.24. The van der Waals surface area contributed by atoms with Gasteiger partial charge in [0.1, 0.15) is 6.61 Å². The van der Waals surface area contributed by atoms with Crippen LogP contribution in [0.1, 0.15) is 55.6 Å². The third-order valence-corrected chi connectivity index (χ3v) is 8.57. The maximum atomic E-state index is 10.5. The van der Waals surface area contributed by atoms with Crippen molar-refractivity contribution in [2.75, 3.05) is 6.61 Å². The van der Waals surface area contributed by atoms with E-state index in [1.807, 2.05) is 0 Å². The molecule has 0 saturated heterocycles. The molecule has 164 valence electrons. The minimum atomic E-state index is -2.48. The van der Waals surface area contributed by atoms with Gasteiger partial charge in [-0.25, -0.2) is 0 Å². The Labute approximate surface area is 228 Å². The monoisotopic (exact) mass is 813 g/mol. The molecule has 0 heterocycles. The van der Waals surface area contributed by atoms with Crippen molar-refractivity contribution in [3.63, 3.8) is 0 Å². The molecule has 10 heteroatoms. The molecule has 1 N–H and O–H groups in total. The van der Waals surface area contributed by atoms with Crippen molar-refractivity contribution in [2.24, 2.45) is 0 Å². The Morgan fingerprint density at radius 1 is 0.733 bits per heavy atom. The van der Waals surface area contributed by atoms with Crippen LogP contribution in [0.25, 0.3) is 0 Å². The Hall–Kier alpha value is 1.34. The number of benzene rings is 2. The Kier molecular flexibility index (Phi) is 12.8. The number of hydrogen-bond acceptors (Lipinski definition) is 2. The van der Waals surface area contributed by atoms with Crippen molar-refractivity contribution >= 4 is 104 Å². The van der Waals surface area contributed by atoms with Crippen LogP contribution in [0.3, 0.4) is 0 Å². The summed E-state index contributed by atoms with van der Waals surface area (Å²) in [6.07, 6.45) is 6.03. The first-order valence-corrected chi connectivity index (χ1v) is 15.2. The van der Waals surface area contributed by atoms with Crippen LogP contribution in [0.4, 0.5) is 0 Å². The van der Waals surface area contributed by atoms with Crippen LogP contribution in [-0.2, 0) is 9.09 Å². The molecule has 1 unspecified atom stereocenters. The van der Waals surface area contributed by atoms with E-state index in [0.717, 1.165) is 65.4 Å². The maximum Gasteiger partial charge on any atom is 0.694 e. The molecule has 0 spiro atoms. The molecule has 0 fully saturated rings. The van der Waals surface area contributed by atoms with Crippen molar-refractivity contribution in [2.45, 2.75) is 44.4 Å². The summed E-state index contributed by atoms with van der Waals surface area (Å²) in [5, 5.41) is 0. The highest BCUT2D eigenvalue weighted by atomic mass is 79.9. The zero-order valence-corrected chi connectivity index (χ0v) is 26.2. The molecule has 0 aliphatic heterocycles. The van der Waals surface area contributed by atoms with Crippen molar-refractivity contribution in [3.05, 3.63) is 62.2 Å². The Morgan fingerprint density at radius 3 is 1.57 bits per heavy atom. The van der Waals surface area contributed by atoms with E-state index in [1.54, 1.807) is 0 Å². The number of rotatable bonds is 11. The molecule has 2 aromatic carbocycles. The molecule has 0 radical (unpaired) electrons. The van der Waals surface area contributed by atoms with E-state index in [-0.39, 0.29) is 5.92 Å². The molecule has 1 atom stereocenters. The molecular weight excluding hydrogens is 799 g/mol. The summed E-state index contributed by atoms with van der Waals surface area (Å²) in [4.78, 5) is 8.66. The molecule has 0 bridgehead atoms. The maximum absolute atomic E-state index is 10.5. The van der Waals surface area contributed by atoms with Gasteiger partial charge in [-0.3, -0.25) is 0 Å². The lowest BCUT2D eigenvalue weighted by Crippen LogP contribution is -2.06. The van der Waals surface area contributed by atoms with Gasteiger partial charge >= 0.3 is 8.25 Å². The smallest absolute Gasteiger partial charge is 0.133 e. The zero-order valence-electron chi connectivity index (χ0n) is 15.8. The van der Waals surface area contributed by atoms with Crippen LogP contribution in [0, 0.1) is 0 Å². The van der Waals surface area contributed by atoms with Gasteiger partial charge in [-0.15, -0.1) is 9.42 Å². The van der Waals surface area contributed by atoms with E-state index in [2.05, 4.69) is 120 Å². The highest BCUT2D eigenvalue weighted by Crippen LogP contribution is 2.46. The van der Waals surface area contributed by atoms with Gasteiger partial charge in [-0.1, -0.05) is 121 Å². The Morgan fingerprint density at radius 2 is 1.13 bits per heavy atom. The van der Waals surface area contributed by atoms with Gasteiger partial charge in [0.25, 0.3) is 0 Å². The van der Waals surface area contributed by atoms with Crippen LogP contribution in [-0.4, -0.2) is 11.5 Å². The van der Waals surface area contributed by atoms with Crippen LogP contribution in [0.2, 0.25) is 0 Å². The quantitative estimate of drug-likeness (QED) is 0.182. The zero-order chi connectivity index (χ0) is 22.3. The summed E-state index contributed by atoms with van der Waals surface area (Å²) in [7, 11) is -2.48. The van der Waals surface area contributed by atoms with Crippen molar-refractivity contribution in [1.29, 1.82) is 0 Å². The van der Waals surface area contributed by atoms with E-state index < -0.39 is 8.25 Å². The van der Waals surface area contributed by atoms with Gasteiger partial charge < -0.3 is 0 Å². The van der Waals surface area contributed by atoms with E-state index in [1.165, 1.54) is 11.1 Å². The van der Waals surface area contributed by atoms with Crippen molar-refractivity contribution in [3.8, 4) is 0 Å². The van der Waals surface area contributed by atoms with E-state index >= 15 is 0 Å². The number of halogens is 6. The summed E-state index contributed by atoms with van der Waals surface area (Å²) in [6.45, 7) is 0.339. The van der Waals surface area contributed by atoms with Crippen LogP contribution >= 0.6 is 104 Å². The summed E-state index contributed by atoms with van der Waals surface area (Å²) in [5.41, 5.74) is 2.45. The second kappa shape index (κ2) is 13.9. The second-order valence-electron chi connectivity index (χ2n) is 6.75. The first-order valence-electron chi connectivity index (χ1n) is 9.28. The predicted molar refractivity (Wildman–Crippen MR) is 144 cm³/mol. The highest BCUT2D eigenvalue weighted by molar-refractivity contribution is 9.12. The fourth-order valence-corrected chi connectivity index (χ4v) is 9.24. The molecule has 2 aromatic rings. The molecule has 30 heavy (non-hydrogen) atoms. The van der Waals surface area contributed by atoms with Crippen LogP contribution < -0.4 is 0 Å².